The maximum Gasteiger partial charge on any atom is 0.136 e. The third-order valence-electron chi connectivity index (χ3n) is 5.65. The zero-order valence-corrected chi connectivity index (χ0v) is 13.0. The molecule has 2 aliphatic rings. The normalized spacial score (nSPS) is 33.3. The van der Waals surface area contributed by atoms with Gasteiger partial charge in [-0.15, -0.1) is 0 Å². The number of Topliss-reactive ketones (excluding diaryl/α,β-unsaturated/α-hetero) is 1. The summed E-state index contributed by atoms with van der Waals surface area (Å²) in [6.07, 6.45) is 6.23. The second-order valence-corrected chi connectivity index (χ2v) is 6.93. The summed E-state index contributed by atoms with van der Waals surface area (Å²) in [4.78, 5) is 12.7. The van der Waals surface area contributed by atoms with E-state index in [2.05, 4.69) is 37.3 Å². The summed E-state index contributed by atoms with van der Waals surface area (Å²) in [5.41, 5.74) is 1.56. The lowest BCUT2D eigenvalue weighted by atomic mass is 9.63. The standard InChI is InChI=1S/C19H26O2/c1-2-19(12-15-6-4-3-5-7-15)10-8-17(18(20)13-19)16-9-11-21-14-16/h3-7,16-17H,2,8-14H2,1H3. The number of carbonyl (C=O) groups is 1. The van der Waals surface area contributed by atoms with Crippen LogP contribution in [0, 0.1) is 17.3 Å². The van der Waals surface area contributed by atoms with Crippen LogP contribution >= 0.6 is 0 Å². The molecule has 114 valence electrons. The van der Waals surface area contributed by atoms with Crippen LogP contribution in [0.4, 0.5) is 0 Å². The zero-order chi connectivity index (χ0) is 14.7. The van der Waals surface area contributed by atoms with Crippen molar-refractivity contribution in [3.63, 3.8) is 0 Å². The monoisotopic (exact) mass is 286 g/mol. The minimum absolute atomic E-state index is 0.189. The highest BCUT2D eigenvalue weighted by Gasteiger charge is 2.42. The van der Waals surface area contributed by atoms with Crippen molar-refractivity contribution in [2.75, 3.05) is 13.2 Å². The van der Waals surface area contributed by atoms with E-state index in [0.29, 0.717) is 11.7 Å². The summed E-state index contributed by atoms with van der Waals surface area (Å²) in [5.74, 6) is 1.25. The predicted octanol–water partition coefficient (Wildman–Crippen LogP) is 4.03. The Hall–Kier alpha value is -1.15. The lowest BCUT2D eigenvalue weighted by molar-refractivity contribution is -0.130. The smallest absolute Gasteiger partial charge is 0.136 e. The van der Waals surface area contributed by atoms with Crippen LogP contribution < -0.4 is 0 Å². The minimum atomic E-state index is 0.189. The Labute approximate surface area is 127 Å². The Morgan fingerprint density at radius 3 is 2.67 bits per heavy atom. The van der Waals surface area contributed by atoms with Gasteiger partial charge in [-0.2, -0.15) is 0 Å². The SMILES string of the molecule is CCC1(Cc2ccccc2)CCC(C2CCOC2)C(=O)C1. The molecule has 1 heterocycles. The van der Waals surface area contributed by atoms with Crippen LogP contribution in [0.5, 0.6) is 0 Å². The van der Waals surface area contributed by atoms with Crippen molar-refractivity contribution in [3.8, 4) is 0 Å². The molecule has 1 aliphatic carbocycles. The van der Waals surface area contributed by atoms with E-state index in [-0.39, 0.29) is 11.3 Å². The molecule has 3 atom stereocenters. The molecule has 0 spiro atoms. The Bertz CT molecular complexity index is 476. The maximum absolute atomic E-state index is 12.7. The van der Waals surface area contributed by atoms with Gasteiger partial charge in [0.15, 0.2) is 0 Å². The van der Waals surface area contributed by atoms with Gasteiger partial charge in [0.1, 0.15) is 5.78 Å². The van der Waals surface area contributed by atoms with Crippen LogP contribution in [-0.2, 0) is 16.0 Å². The molecule has 1 aliphatic heterocycles. The molecular weight excluding hydrogens is 260 g/mol. The molecule has 0 radical (unpaired) electrons. The van der Waals surface area contributed by atoms with E-state index in [4.69, 9.17) is 4.74 Å². The highest BCUT2D eigenvalue weighted by molar-refractivity contribution is 5.83. The lowest BCUT2D eigenvalue weighted by Gasteiger charge is -2.40. The number of ether oxygens (including phenoxy) is 1. The van der Waals surface area contributed by atoms with Gasteiger partial charge in [0.2, 0.25) is 0 Å². The summed E-state index contributed by atoms with van der Waals surface area (Å²) in [6.45, 7) is 3.89. The van der Waals surface area contributed by atoms with Crippen molar-refractivity contribution in [1.82, 2.24) is 0 Å². The van der Waals surface area contributed by atoms with Crippen LogP contribution in [0.3, 0.4) is 0 Å². The van der Waals surface area contributed by atoms with Gasteiger partial charge in [-0.1, -0.05) is 37.3 Å². The fourth-order valence-electron chi connectivity index (χ4n) is 4.19. The predicted molar refractivity (Wildman–Crippen MR) is 84.1 cm³/mol. The molecule has 0 aromatic heterocycles. The zero-order valence-electron chi connectivity index (χ0n) is 13.0. The van der Waals surface area contributed by atoms with E-state index in [0.717, 1.165) is 45.3 Å². The molecule has 2 fully saturated rings. The second-order valence-electron chi connectivity index (χ2n) is 6.93. The van der Waals surface area contributed by atoms with Crippen LogP contribution in [0.25, 0.3) is 0 Å². The molecule has 1 aromatic carbocycles. The Kier molecular flexibility index (Phi) is 4.44. The summed E-state index contributed by atoms with van der Waals surface area (Å²) in [5, 5.41) is 0. The number of rotatable bonds is 4. The van der Waals surface area contributed by atoms with Crippen molar-refractivity contribution in [2.45, 2.75) is 45.4 Å². The van der Waals surface area contributed by atoms with Gasteiger partial charge in [0, 0.05) is 18.9 Å². The van der Waals surface area contributed by atoms with Crippen LogP contribution in [-0.4, -0.2) is 19.0 Å². The van der Waals surface area contributed by atoms with E-state index in [9.17, 15) is 4.79 Å². The van der Waals surface area contributed by atoms with Gasteiger partial charge in [0.25, 0.3) is 0 Å². The topological polar surface area (TPSA) is 26.3 Å². The average Bonchev–Trinajstić information content (AvgIpc) is 3.02. The summed E-state index contributed by atoms with van der Waals surface area (Å²) in [7, 11) is 0. The number of carbonyl (C=O) groups excluding carboxylic acids is 1. The van der Waals surface area contributed by atoms with Crippen molar-refractivity contribution >= 4 is 5.78 Å². The first-order valence-corrected chi connectivity index (χ1v) is 8.37. The first-order valence-electron chi connectivity index (χ1n) is 8.37. The first-order chi connectivity index (χ1) is 10.2. The second kappa shape index (κ2) is 6.31. The highest BCUT2D eigenvalue weighted by Crippen LogP contribution is 2.45. The fourth-order valence-corrected chi connectivity index (χ4v) is 4.19. The molecule has 1 saturated carbocycles. The van der Waals surface area contributed by atoms with E-state index < -0.39 is 0 Å². The van der Waals surface area contributed by atoms with Crippen molar-refractivity contribution < 1.29 is 9.53 Å². The van der Waals surface area contributed by atoms with Gasteiger partial charge in [-0.25, -0.2) is 0 Å². The number of hydrogen-bond acceptors (Lipinski definition) is 2. The summed E-state index contributed by atoms with van der Waals surface area (Å²) < 4.78 is 5.48. The van der Waals surface area contributed by atoms with E-state index in [1.54, 1.807) is 0 Å². The molecule has 0 amide bonds. The van der Waals surface area contributed by atoms with Gasteiger partial charge in [0.05, 0.1) is 6.61 Å². The van der Waals surface area contributed by atoms with Crippen LogP contribution in [0.2, 0.25) is 0 Å². The first kappa shape index (κ1) is 14.8. The van der Waals surface area contributed by atoms with Crippen LogP contribution in [0.1, 0.15) is 44.6 Å². The number of benzene rings is 1. The van der Waals surface area contributed by atoms with Crippen LogP contribution in [0.15, 0.2) is 30.3 Å². The molecule has 1 saturated heterocycles. The van der Waals surface area contributed by atoms with Crippen molar-refractivity contribution in [3.05, 3.63) is 35.9 Å². The Morgan fingerprint density at radius 1 is 1.24 bits per heavy atom. The molecule has 1 aromatic rings. The molecule has 0 N–H and O–H groups in total. The number of hydrogen-bond donors (Lipinski definition) is 0. The third kappa shape index (κ3) is 3.21. The van der Waals surface area contributed by atoms with E-state index in [1.807, 2.05) is 0 Å². The summed E-state index contributed by atoms with van der Waals surface area (Å²) in [6, 6.07) is 10.6. The number of ketones is 1. The fraction of sp³-hybridized carbons (Fsp3) is 0.632. The molecular formula is C19H26O2. The average molecular weight is 286 g/mol. The molecule has 21 heavy (non-hydrogen) atoms. The largest absolute Gasteiger partial charge is 0.381 e. The lowest BCUT2D eigenvalue weighted by Crippen LogP contribution is -2.38. The van der Waals surface area contributed by atoms with E-state index >= 15 is 0 Å². The van der Waals surface area contributed by atoms with Crippen molar-refractivity contribution in [1.29, 1.82) is 0 Å². The minimum Gasteiger partial charge on any atom is -0.381 e. The summed E-state index contributed by atoms with van der Waals surface area (Å²) >= 11 is 0. The van der Waals surface area contributed by atoms with Gasteiger partial charge >= 0.3 is 0 Å². The van der Waals surface area contributed by atoms with Gasteiger partial charge in [-0.05, 0) is 49.0 Å². The maximum atomic E-state index is 12.7. The van der Waals surface area contributed by atoms with E-state index in [1.165, 1.54) is 12.0 Å². The van der Waals surface area contributed by atoms with Crippen molar-refractivity contribution in [2.24, 2.45) is 17.3 Å². The molecule has 0 bridgehead atoms. The molecule has 2 nitrogen and oxygen atoms in total. The quantitative estimate of drug-likeness (QED) is 0.835. The Morgan fingerprint density at radius 2 is 2.05 bits per heavy atom. The Balaban J connectivity index is 1.69. The molecule has 3 rings (SSSR count). The van der Waals surface area contributed by atoms with Gasteiger partial charge < -0.3 is 4.74 Å². The molecule has 3 unspecified atom stereocenters. The third-order valence-corrected chi connectivity index (χ3v) is 5.65. The molecule has 2 heteroatoms. The van der Waals surface area contributed by atoms with Gasteiger partial charge in [-0.3, -0.25) is 4.79 Å². The highest BCUT2D eigenvalue weighted by atomic mass is 16.5.